The van der Waals surface area contributed by atoms with Crippen LogP contribution in [-0.4, -0.2) is 11.1 Å². The smallest absolute Gasteiger partial charge is 0.307 e. The lowest BCUT2D eigenvalue weighted by molar-refractivity contribution is -0.139. The number of benzene rings is 1. The van der Waals surface area contributed by atoms with Crippen LogP contribution < -0.4 is 0 Å². The predicted molar refractivity (Wildman–Crippen MR) is 63.4 cm³/mol. The van der Waals surface area contributed by atoms with Crippen LogP contribution in [0.25, 0.3) is 0 Å². The van der Waals surface area contributed by atoms with Crippen LogP contribution >= 0.6 is 0 Å². The highest BCUT2D eigenvalue weighted by atomic mass is 16.4. The van der Waals surface area contributed by atoms with Crippen LogP contribution in [0.1, 0.15) is 31.4 Å². The summed E-state index contributed by atoms with van der Waals surface area (Å²) in [6.07, 6.45) is 0.783. The Balaban J connectivity index is 2.45. The Kier molecular flexibility index (Phi) is 2.53. The van der Waals surface area contributed by atoms with Gasteiger partial charge in [0.1, 0.15) is 0 Å². The van der Waals surface area contributed by atoms with E-state index in [1.54, 1.807) is 0 Å². The summed E-state index contributed by atoms with van der Waals surface area (Å²) in [5.74, 6) is -0.486. The van der Waals surface area contributed by atoms with Gasteiger partial charge < -0.3 is 5.11 Å². The second kappa shape index (κ2) is 3.62. The van der Waals surface area contributed by atoms with E-state index in [9.17, 15) is 9.90 Å². The first-order valence-electron chi connectivity index (χ1n) is 5.79. The summed E-state index contributed by atoms with van der Waals surface area (Å²) in [5, 5.41) is 9.19. The molecular weight excluding hydrogens is 200 g/mol. The molecule has 0 amide bonds. The van der Waals surface area contributed by atoms with Gasteiger partial charge in [-0.15, -0.1) is 0 Å². The molecule has 1 fully saturated rings. The third kappa shape index (κ3) is 1.44. The Morgan fingerprint density at radius 3 is 2.50 bits per heavy atom. The van der Waals surface area contributed by atoms with Crippen molar-refractivity contribution in [2.75, 3.05) is 0 Å². The fourth-order valence-corrected chi connectivity index (χ4v) is 2.93. The second-order valence-electron chi connectivity index (χ2n) is 5.10. The standard InChI is InChI=1S/C14H18O2/c1-9(2)14(8-12(14)13(15)16)11-7-5-4-6-10(11)3/h4-7,9,12H,8H2,1-3H3,(H,15,16)/t12-,14?/m0/s1. The van der Waals surface area contributed by atoms with E-state index in [4.69, 9.17) is 0 Å². The lowest BCUT2D eigenvalue weighted by atomic mass is 9.80. The highest BCUT2D eigenvalue weighted by molar-refractivity contribution is 5.77. The van der Waals surface area contributed by atoms with Crippen LogP contribution in [0.4, 0.5) is 0 Å². The molecule has 1 aromatic rings. The van der Waals surface area contributed by atoms with Gasteiger partial charge in [0.25, 0.3) is 0 Å². The van der Waals surface area contributed by atoms with Crippen molar-refractivity contribution in [3.8, 4) is 0 Å². The maximum atomic E-state index is 11.2. The fourth-order valence-electron chi connectivity index (χ4n) is 2.93. The van der Waals surface area contributed by atoms with Gasteiger partial charge in [-0.3, -0.25) is 4.79 Å². The molecule has 0 heterocycles. The van der Waals surface area contributed by atoms with E-state index in [1.165, 1.54) is 11.1 Å². The summed E-state index contributed by atoms with van der Waals surface area (Å²) in [7, 11) is 0. The fraction of sp³-hybridized carbons (Fsp3) is 0.500. The molecule has 0 spiro atoms. The van der Waals surface area contributed by atoms with E-state index in [0.717, 1.165) is 6.42 Å². The van der Waals surface area contributed by atoms with Crippen LogP contribution in [0.2, 0.25) is 0 Å². The van der Waals surface area contributed by atoms with Gasteiger partial charge in [0.05, 0.1) is 5.92 Å². The van der Waals surface area contributed by atoms with Crippen molar-refractivity contribution in [1.29, 1.82) is 0 Å². The van der Waals surface area contributed by atoms with Crippen molar-refractivity contribution in [2.45, 2.75) is 32.6 Å². The van der Waals surface area contributed by atoms with Crippen molar-refractivity contribution in [1.82, 2.24) is 0 Å². The van der Waals surface area contributed by atoms with Crippen molar-refractivity contribution in [3.63, 3.8) is 0 Å². The van der Waals surface area contributed by atoms with Crippen LogP contribution in [0.5, 0.6) is 0 Å². The molecule has 1 N–H and O–H groups in total. The minimum Gasteiger partial charge on any atom is -0.481 e. The Morgan fingerprint density at radius 2 is 2.06 bits per heavy atom. The summed E-state index contributed by atoms with van der Waals surface area (Å²) >= 11 is 0. The minimum atomic E-state index is -0.656. The van der Waals surface area contributed by atoms with Gasteiger partial charge in [0.15, 0.2) is 0 Å². The molecule has 0 aromatic heterocycles. The topological polar surface area (TPSA) is 37.3 Å². The summed E-state index contributed by atoms with van der Waals surface area (Å²) in [4.78, 5) is 11.2. The average molecular weight is 218 g/mol. The van der Waals surface area contributed by atoms with Crippen LogP contribution in [0.3, 0.4) is 0 Å². The van der Waals surface area contributed by atoms with E-state index in [1.807, 2.05) is 12.1 Å². The molecule has 1 aliphatic rings. The SMILES string of the molecule is Cc1ccccc1C1(C(C)C)C[C@H]1C(=O)O. The first kappa shape index (κ1) is 11.2. The van der Waals surface area contributed by atoms with Gasteiger partial charge in [-0.2, -0.15) is 0 Å². The number of hydrogen-bond donors (Lipinski definition) is 1. The lowest BCUT2D eigenvalue weighted by Crippen LogP contribution is -2.22. The Bertz CT molecular complexity index is 422. The molecule has 0 saturated heterocycles. The van der Waals surface area contributed by atoms with Gasteiger partial charge in [-0.1, -0.05) is 38.1 Å². The quantitative estimate of drug-likeness (QED) is 0.846. The van der Waals surface area contributed by atoms with E-state index in [-0.39, 0.29) is 11.3 Å². The van der Waals surface area contributed by atoms with E-state index < -0.39 is 5.97 Å². The van der Waals surface area contributed by atoms with Crippen LogP contribution in [0.15, 0.2) is 24.3 Å². The number of hydrogen-bond acceptors (Lipinski definition) is 1. The van der Waals surface area contributed by atoms with E-state index in [2.05, 4.69) is 32.9 Å². The molecule has 0 bridgehead atoms. The Morgan fingerprint density at radius 1 is 1.44 bits per heavy atom. The highest BCUT2D eigenvalue weighted by Crippen LogP contribution is 2.59. The third-order valence-corrected chi connectivity index (χ3v) is 3.98. The summed E-state index contributed by atoms with van der Waals surface area (Å²) in [6, 6.07) is 8.16. The van der Waals surface area contributed by atoms with Gasteiger partial charge in [0, 0.05) is 5.41 Å². The number of carboxylic acid groups (broad SMARTS) is 1. The Hall–Kier alpha value is -1.31. The zero-order valence-electron chi connectivity index (χ0n) is 10.0. The first-order valence-corrected chi connectivity index (χ1v) is 5.79. The molecule has 1 saturated carbocycles. The van der Waals surface area contributed by atoms with Crippen LogP contribution in [-0.2, 0) is 10.2 Å². The second-order valence-corrected chi connectivity index (χ2v) is 5.10. The maximum Gasteiger partial charge on any atom is 0.307 e. The molecule has 1 unspecified atom stereocenters. The number of aryl methyl sites for hydroxylation is 1. The molecular formula is C14H18O2. The molecule has 0 radical (unpaired) electrons. The van der Waals surface area contributed by atoms with Gasteiger partial charge in [-0.25, -0.2) is 0 Å². The van der Waals surface area contributed by atoms with Gasteiger partial charge in [-0.05, 0) is 30.4 Å². The summed E-state index contributed by atoms with van der Waals surface area (Å²) in [6.45, 7) is 6.31. The highest BCUT2D eigenvalue weighted by Gasteiger charge is 2.61. The zero-order valence-corrected chi connectivity index (χ0v) is 10.0. The Labute approximate surface area is 96.3 Å². The number of carbonyl (C=O) groups is 1. The van der Waals surface area contributed by atoms with Crippen molar-refractivity contribution >= 4 is 5.97 Å². The molecule has 2 atom stereocenters. The molecule has 16 heavy (non-hydrogen) atoms. The average Bonchev–Trinajstić information content (AvgIpc) is 2.94. The lowest BCUT2D eigenvalue weighted by Gasteiger charge is -2.23. The summed E-state index contributed by atoms with van der Waals surface area (Å²) in [5.41, 5.74) is 2.30. The number of rotatable bonds is 3. The van der Waals surface area contributed by atoms with E-state index >= 15 is 0 Å². The van der Waals surface area contributed by atoms with Crippen molar-refractivity contribution < 1.29 is 9.90 Å². The molecule has 2 heteroatoms. The third-order valence-electron chi connectivity index (χ3n) is 3.98. The molecule has 86 valence electrons. The zero-order chi connectivity index (χ0) is 11.9. The number of aliphatic carboxylic acids is 1. The van der Waals surface area contributed by atoms with E-state index in [0.29, 0.717) is 5.92 Å². The predicted octanol–water partition coefficient (Wildman–Crippen LogP) is 2.99. The van der Waals surface area contributed by atoms with Gasteiger partial charge >= 0.3 is 5.97 Å². The first-order chi connectivity index (χ1) is 7.50. The van der Waals surface area contributed by atoms with Crippen molar-refractivity contribution in [2.24, 2.45) is 11.8 Å². The van der Waals surface area contributed by atoms with Crippen LogP contribution in [0, 0.1) is 18.8 Å². The molecule has 1 aromatic carbocycles. The molecule has 0 aliphatic heterocycles. The monoisotopic (exact) mass is 218 g/mol. The molecule has 2 nitrogen and oxygen atoms in total. The molecule has 1 aliphatic carbocycles. The van der Waals surface area contributed by atoms with Crippen molar-refractivity contribution in [3.05, 3.63) is 35.4 Å². The maximum absolute atomic E-state index is 11.2. The number of carboxylic acids is 1. The minimum absolute atomic E-state index is 0.128. The van der Waals surface area contributed by atoms with Gasteiger partial charge in [0.2, 0.25) is 0 Å². The normalized spacial score (nSPS) is 28.1. The molecule has 2 rings (SSSR count). The summed E-state index contributed by atoms with van der Waals surface area (Å²) < 4.78 is 0. The largest absolute Gasteiger partial charge is 0.481 e.